The molecule has 2 N–H and O–H groups in total. The monoisotopic (exact) mass is 322 g/mol. The molecule has 1 unspecified atom stereocenters. The zero-order valence-corrected chi connectivity index (χ0v) is 12.9. The molecule has 1 heterocycles. The van der Waals surface area contributed by atoms with E-state index in [2.05, 4.69) is 10.3 Å². The van der Waals surface area contributed by atoms with Crippen LogP contribution in [0, 0.1) is 0 Å². The van der Waals surface area contributed by atoms with E-state index in [1.807, 2.05) is 35.7 Å². The van der Waals surface area contributed by atoms with Crippen molar-refractivity contribution in [3.8, 4) is 11.3 Å². The van der Waals surface area contributed by atoms with Crippen LogP contribution in [0.4, 0.5) is 5.13 Å². The van der Waals surface area contributed by atoms with Crippen molar-refractivity contribution in [3.63, 3.8) is 0 Å². The van der Waals surface area contributed by atoms with E-state index in [1.165, 1.54) is 11.3 Å². The average molecular weight is 322 g/mol. The number of hydrogen-bond acceptors (Lipinski definition) is 5. The lowest BCUT2D eigenvalue weighted by molar-refractivity contribution is -0.136. The average Bonchev–Trinajstić information content (AvgIpc) is 2.94. The lowest BCUT2D eigenvalue weighted by Crippen LogP contribution is -2.19. The largest absolute Gasteiger partial charge is 0.480 e. The van der Waals surface area contributed by atoms with E-state index in [4.69, 9.17) is 5.11 Å². The van der Waals surface area contributed by atoms with Crippen molar-refractivity contribution in [2.24, 2.45) is 0 Å². The van der Waals surface area contributed by atoms with E-state index in [0.29, 0.717) is 5.13 Å². The first-order valence-corrected chi connectivity index (χ1v) is 8.14. The first-order valence-electron chi connectivity index (χ1n) is 6.21. The molecule has 0 aliphatic heterocycles. The normalized spacial score (nSPS) is 11.9. The van der Waals surface area contributed by atoms with Crippen LogP contribution in [0.2, 0.25) is 0 Å². The Kier molecular flexibility index (Phi) is 5.35. The second-order valence-electron chi connectivity index (χ2n) is 4.24. The molecule has 0 saturated heterocycles. The molecular formula is C14H14N2O3S2. The maximum absolute atomic E-state index is 11.7. The summed E-state index contributed by atoms with van der Waals surface area (Å²) in [6.07, 6.45) is 0. The summed E-state index contributed by atoms with van der Waals surface area (Å²) in [7, 11) is 0. The number of anilines is 1. The van der Waals surface area contributed by atoms with Gasteiger partial charge in [0, 0.05) is 10.9 Å². The van der Waals surface area contributed by atoms with E-state index >= 15 is 0 Å². The number of aromatic nitrogens is 1. The first kappa shape index (κ1) is 15.5. The summed E-state index contributed by atoms with van der Waals surface area (Å²) in [6.45, 7) is 1.55. The number of rotatable bonds is 6. The van der Waals surface area contributed by atoms with Crippen molar-refractivity contribution in [1.29, 1.82) is 0 Å². The van der Waals surface area contributed by atoms with Gasteiger partial charge in [-0.3, -0.25) is 9.59 Å². The highest BCUT2D eigenvalue weighted by Crippen LogP contribution is 2.24. The number of amides is 1. The second kappa shape index (κ2) is 7.24. The number of nitrogens with one attached hydrogen (secondary N) is 1. The van der Waals surface area contributed by atoms with Gasteiger partial charge in [0.15, 0.2) is 5.13 Å². The zero-order valence-electron chi connectivity index (χ0n) is 11.3. The van der Waals surface area contributed by atoms with Crippen LogP contribution in [-0.2, 0) is 9.59 Å². The number of carbonyl (C=O) groups excluding carboxylic acids is 1. The third-order valence-electron chi connectivity index (χ3n) is 2.63. The Balaban J connectivity index is 1.91. The summed E-state index contributed by atoms with van der Waals surface area (Å²) in [4.78, 5) is 26.7. The quantitative estimate of drug-likeness (QED) is 0.855. The molecule has 0 bridgehead atoms. The first-order chi connectivity index (χ1) is 10.1. The summed E-state index contributed by atoms with van der Waals surface area (Å²) in [5, 5.41) is 13.2. The molecule has 21 heavy (non-hydrogen) atoms. The van der Waals surface area contributed by atoms with Crippen molar-refractivity contribution in [1.82, 2.24) is 4.98 Å². The van der Waals surface area contributed by atoms with E-state index < -0.39 is 11.2 Å². The maximum Gasteiger partial charge on any atom is 0.316 e. The van der Waals surface area contributed by atoms with Crippen molar-refractivity contribution in [2.45, 2.75) is 12.2 Å². The fourth-order valence-electron chi connectivity index (χ4n) is 1.50. The predicted octanol–water partition coefficient (Wildman–Crippen LogP) is 2.95. The molecule has 0 aliphatic rings. The Morgan fingerprint density at radius 3 is 2.76 bits per heavy atom. The highest BCUT2D eigenvalue weighted by atomic mass is 32.2. The van der Waals surface area contributed by atoms with Crippen molar-refractivity contribution in [3.05, 3.63) is 35.7 Å². The number of thioether (sulfide) groups is 1. The minimum Gasteiger partial charge on any atom is -0.480 e. The van der Waals surface area contributed by atoms with E-state index in [9.17, 15) is 9.59 Å². The highest BCUT2D eigenvalue weighted by molar-refractivity contribution is 8.01. The molecule has 110 valence electrons. The van der Waals surface area contributed by atoms with Crippen LogP contribution in [0.15, 0.2) is 35.7 Å². The molecule has 2 aromatic rings. The summed E-state index contributed by atoms with van der Waals surface area (Å²) in [5.74, 6) is -1.08. The van der Waals surface area contributed by atoms with Gasteiger partial charge in [0.25, 0.3) is 0 Å². The van der Waals surface area contributed by atoms with Crippen molar-refractivity contribution >= 4 is 40.1 Å². The van der Waals surface area contributed by atoms with Crippen LogP contribution in [-0.4, -0.2) is 33.0 Å². The Morgan fingerprint density at radius 1 is 1.38 bits per heavy atom. The molecule has 1 aromatic carbocycles. The number of hydrogen-bond donors (Lipinski definition) is 2. The van der Waals surface area contributed by atoms with Crippen LogP contribution in [0.5, 0.6) is 0 Å². The third-order valence-corrected chi connectivity index (χ3v) is 4.52. The van der Waals surface area contributed by atoms with Gasteiger partial charge in [-0.25, -0.2) is 4.98 Å². The summed E-state index contributed by atoms with van der Waals surface area (Å²) >= 11 is 2.42. The van der Waals surface area contributed by atoms with Crippen LogP contribution >= 0.6 is 23.1 Å². The molecule has 0 fully saturated rings. The number of carboxylic acid groups (broad SMARTS) is 1. The van der Waals surface area contributed by atoms with Gasteiger partial charge < -0.3 is 10.4 Å². The molecule has 0 saturated carbocycles. The van der Waals surface area contributed by atoms with Gasteiger partial charge in [-0.15, -0.1) is 23.1 Å². The molecule has 1 aromatic heterocycles. The van der Waals surface area contributed by atoms with Crippen molar-refractivity contribution < 1.29 is 14.7 Å². The van der Waals surface area contributed by atoms with Gasteiger partial charge in [0.2, 0.25) is 5.91 Å². The Bertz CT molecular complexity index is 628. The van der Waals surface area contributed by atoms with Gasteiger partial charge in [-0.05, 0) is 6.92 Å². The van der Waals surface area contributed by atoms with E-state index in [0.717, 1.165) is 23.0 Å². The summed E-state index contributed by atoms with van der Waals surface area (Å²) < 4.78 is 0. The van der Waals surface area contributed by atoms with Crippen molar-refractivity contribution in [2.75, 3.05) is 11.1 Å². The van der Waals surface area contributed by atoms with E-state index in [-0.39, 0.29) is 11.7 Å². The molecule has 2 rings (SSSR count). The molecule has 0 aliphatic carbocycles. The summed E-state index contributed by atoms with van der Waals surface area (Å²) in [6, 6.07) is 9.68. The van der Waals surface area contributed by atoms with Crippen LogP contribution in [0.1, 0.15) is 6.92 Å². The van der Waals surface area contributed by atoms with E-state index in [1.54, 1.807) is 6.92 Å². The maximum atomic E-state index is 11.7. The van der Waals surface area contributed by atoms with Gasteiger partial charge in [0.1, 0.15) is 0 Å². The third kappa shape index (κ3) is 4.57. The lowest BCUT2D eigenvalue weighted by Gasteiger charge is -2.05. The second-order valence-corrected chi connectivity index (χ2v) is 6.43. The molecule has 0 radical (unpaired) electrons. The number of carbonyl (C=O) groups is 2. The number of benzene rings is 1. The Hall–Kier alpha value is -1.86. The number of nitrogens with zero attached hydrogens (tertiary/aromatic N) is 1. The van der Waals surface area contributed by atoms with Crippen LogP contribution < -0.4 is 5.32 Å². The molecule has 0 spiro atoms. The molecule has 7 heteroatoms. The zero-order chi connectivity index (χ0) is 15.2. The van der Waals surface area contributed by atoms with Crippen LogP contribution in [0.25, 0.3) is 11.3 Å². The van der Waals surface area contributed by atoms with Crippen LogP contribution in [0.3, 0.4) is 0 Å². The number of carboxylic acids is 1. The van der Waals surface area contributed by atoms with Gasteiger partial charge in [0.05, 0.1) is 16.7 Å². The predicted molar refractivity (Wildman–Crippen MR) is 85.7 cm³/mol. The minimum absolute atomic E-state index is 0.0910. The Morgan fingerprint density at radius 2 is 2.10 bits per heavy atom. The topological polar surface area (TPSA) is 79.3 Å². The number of thiazole rings is 1. The SMILES string of the molecule is CC(SCC(=O)Nc1nc(-c2ccccc2)cs1)C(=O)O. The van der Waals surface area contributed by atoms with Gasteiger partial charge >= 0.3 is 5.97 Å². The van der Waals surface area contributed by atoms with Gasteiger partial charge in [-0.2, -0.15) is 0 Å². The Labute approximate surface area is 130 Å². The smallest absolute Gasteiger partial charge is 0.316 e. The minimum atomic E-state index is -0.923. The molecule has 1 atom stereocenters. The van der Waals surface area contributed by atoms with Gasteiger partial charge in [-0.1, -0.05) is 30.3 Å². The lowest BCUT2D eigenvalue weighted by atomic mass is 10.2. The fraction of sp³-hybridized carbons (Fsp3) is 0.214. The molecule has 1 amide bonds. The molecular weight excluding hydrogens is 308 g/mol. The summed E-state index contributed by atoms with van der Waals surface area (Å²) in [5.41, 5.74) is 1.80. The number of aliphatic carboxylic acids is 1. The fourth-order valence-corrected chi connectivity index (χ4v) is 2.85. The molecule has 5 nitrogen and oxygen atoms in total. The highest BCUT2D eigenvalue weighted by Gasteiger charge is 2.14. The standard InChI is InChI=1S/C14H14N2O3S2/c1-9(13(18)19)20-8-12(17)16-14-15-11(7-21-14)10-5-3-2-4-6-10/h2-7,9H,8H2,1H3,(H,18,19)(H,15,16,17).